The summed E-state index contributed by atoms with van der Waals surface area (Å²) in [6, 6.07) is 0.126. The molecule has 0 aliphatic heterocycles. The number of methoxy groups -OCH3 is 1. The SMILES string of the molecule is CCCOCC(NCC)c1c(OC)cnn1CCC. The Morgan fingerprint density at radius 3 is 2.68 bits per heavy atom. The summed E-state index contributed by atoms with van der Waals surface area (Å²) in [6.45, 7) is 9.58. The number of aryl methyl sites for hydroxylation is 1. The van der Waals surface area contributed by atoms with Crippen molar-refractivity contribution in [2.24, 2.45) is 0 Å². The summed E-state index contributed by atoms with van der Waals surface area (Å²) >= 11 is 0. The summed E-state index contributed by atoms with van der Waals surface area (Å²) in [5.74, 6) is 0.833. The Labute approximate surface area is 116 Å². The van der Waals surface area contributed by atoms with Crippen LogP contribution in [0.4, 0.5) is 0 Å². The first-order valence-corrected chi connectivity index (χ1v) is 7.19. The smallest absolute Gasteiger partial charge is 0.161 e. The second-order valence-corrected chi connectivity index (χ2v) is 4.51. The molecule has 0 aromatic carbocycles. The Morgan fingerprint density at radius 2 is 2.11 bits per heavy atom. The van der Waals surface area contributed by atoms with E-state index < -0.39 is 0 Å². The van der Waals surface area contributed by atoms with Gasteiger partial charge in [0.05, 0.1) is 31.6 Å². The van der Waals surface area contributed by atoms with Crippen LogP contribution in [0.15, 0.2) is 6.20 Å². The minimum absolute atomic E-state index is 0.126. The topological polar surface area (TPSA) is 48.3 Å². The van der Waals surface area contributed by atoms with Gasteiger partial charge in [0.25, 0.3) is 0 Å². The van der Waals surface area contributed by atoms with Gasteiger partial charge >= 0.3 is 0 Å². The lowest BCUT2D eigenvalue weighted by Gasteiger charge is -2.20. The predicted octanol–water partition coefficient (Wildman–Crippen LogP) is 2.38. The van der Waals surface area contributed by atoms with Crippen LogP contribution >= 0.6 is 0 Å². The quantitative estimate of drug-likeness (QED) is 0.663. The number of rotatable bonds is 10. The average molecular weight is 269 g/mol. The zero-order valence-electron chi connectivity index (χ0n) is 12.6. The fourth-order valence-corrected chi connectivity index (χ4v) is 2.10. The first-order chi connectivity index (χ1) is 9.28. The minimum Gasteiger partial charge on any atom is -0.493 e. The largest absolute Gasteiger partial charge is 0.493 e. The van der Waals surface area contributed by atoms with E-state index in [0.29, 0.717) is 6.61 Å². The molecule has 5 heteroatoms. The standard InChI is InChI=1S/C14H27N3O2/c1-5-8-17-14(13(18-4)10-16-17)12(15-7-3)11-19-9-6-2/h10,12,15H,5-9,11H2,1-4H3. The highest BCUT2D eigenvalue weighted by molar-refractivity contribution is 5.28. The van der Waals surface area contributed by atoms with Crippen molar-refractivity contribution in [2.75, 3.05) is 26.9 Å². The van der Waals surface area contributed by atoms with E-state index in [1.165, 1.54) is 0 Å². The molecule has 0 fully saturated rings. The highest BCUT2D eigenvalue weighted by Crippen LogP contribution is 2.25. The van der Waals surface area contributed by atoms with Crippen molar-refractivity contribution in [3.05, 3.63) is 11.9 Å². The van der Waals surface area contributed by atoms with Crippen LogP contribution in [0.5, 0.6) is 5.75 Å². The molecule has 0 saturated heterocycles. The third kappa shape index (κ3) is 4.51. The van der Waals surface area contributed by atoms with Crippen LogP contribution in [0.2, 0.25) is 0 Å². The summed E-state index contributed by atoms with van der Waals surface area (Å²) in [4.78, 5) is 0. The molecular weight excluding hydrogens is 242 g/mol. The second-order valence-electron chi connectivity index (χ2n) is 4.51. The third-order valence-electron chi connectivity index (χ3n) is 2.91. The fraction of sp³-hybridized carbons (Fsp3) is 0.786. The van der Waals surface area contributed by atoms with Crippen LogP contribution in [0.1, 0.15) is 45.3 Å². The van der Waals surface area contributed by atoms with E-state index in [-0.39, 0.29) is 6.04 Å². The van der Waals surface area contributed by atoms with E-state index in [4.69, 9.17) is 9.47 Å². The molecule has 1 atom stereocenters. The van der Waals surface area contributed by atoms with E-state index in [1.807, 2.05) is 4.68 Å². The molecular formula is C14H27N3O2. The molecule has 0 radical (unpaired) electrons. The van der Waals surface area contributed by atoms with Gasteiger partial charge in [-0.1, -0.05) is 20.8 Å². The maximum absolute atomic E-state index is 5.69. The Balaban J connectivity index is 2.87. The Hall–Kier alpha value is -1.07. The van der Waals surface area contributed by atoms with E-state index >= 15 is 0 Å². The van der Waals surface area contributed by atoms with Gasteiger partial charge in [0.15, 0.2) is 5.75 Å². The summed E-state index contributed by atoms with van der Waals surface area (Å²) in [5.41, 5.74) is 1.09. The molecule has 0 bridgehead atoms. The molecule has 1 heterocycles. The molecule has 0 saturated carbocycles. The minimum atomic E-state index is 0.126. The second kappa shape index (κ2) is 8.93. The Morgan fingerprint density at radius 1 is 1.32 bits per heavy atom. The van der Waals surface area contributed by atoms with Crippen molar-refractivity contribution in [3.63, 3.8) is 0 Å². The van der Waals surface area contributed by atoms with Crippen molar-refractivity contribution >= 4 is 0 Å². The molecule has 0 amide bonds. The summed E-state index contributed by atoms with van der Waals surface area (Å²) in [6.07, 6.45) is 3.87. The molecule has 19 heavy (non-hydrogen) atoms. The van der Waals surface area contributed by atoms with Crippen LogP contribution in [0.25, 0.3) is 0 Å². The fourth-order valence-electron chi connectivity index (χ4n) is 2.10. The Kier molecular flexibility index (Phi) is 7.52. The summed E-state index contributed by atoms with van der Waals surface area (Å²) in [7, 11) is 1.69. The number of nitrogens with one attached hydrogen (secondary N) is 1. The molecule has 1 aromatic heterocycles. The first kappa shape index (κ1) is 16.0. The van der Waals surface area contributed by atoms with E-state index in [1.54, 1.807) is 13.3 Å². The average Bonchev–Trinajstić information content (AvgIpc) is 2.81. The number of ether oxygens (including phenoxy) is 2. The number of hydrogen-bond donors (Lipinski definition) is 1. The van der Waals surface area contributed by atoms with Gasteiger partial charge in [0, 0.05) is 13.2 Å². The monoisotopic (exact) mass is 269 g/mol. The summed E-state index contributed by atoms with van der Waals surface area (Å²) in [5, 5.41) is 7.86. The maximum atomic E-state index is 5.69. The number of hydrogen-bond acceptors (Lipinski definition) is 4. The zero-order valence-corrected chi connectivity index (χ0v) is 12.6. The zero-order chi connectivity index (χ0) is 14.1. The van der Waals surface area contributed by atoms with E-state index in [0.717, 1.165) is 44.0 Å². The molecule has 1 unspecified atom stereocenters. The van der Waals surface area contributed by atoms with Gasteiger partial charge in [-0.2, -0.15) is 5.10 Å². The van der Waals surface area contributed by atoms with Crippen molar-refractivity contribution in [2.45, 2.75) is 46.2 Å². The van der Waals surface area contributed by atoms with Crippen molar-refractivity contribution < 1.29 is 9.47 Å². The van der Waals surface area contributed by atoms with Crippen LogP contribution in [-0.4, -0.2) is 36.6 Å². The van der Waals surface area contributed by atoms with Crippen LogP contribution < -0.4 is 10.1 Å². The van der Waals surface area contributed by atoms with Crippen molar-refractivity contribution in [1.29, 1.82) is 0 Å². The lowest BCUT2D eigenvalue weighted by Crippen LogP contribution is -2.28. The van der Waals surface area contributed by atoms with Gasteiger partial charge in [-0.05, 0) is 19.4 Å². The van der Waals surface area contributed by atoms with Crippen LogP contribution in [-0.2, 0) is 11.3 Å². The normalized spacial score (nSPS) is 12.6. The molecule has 1 aromatic rings. The molecule has 5 nitrogen and oxygen atoms in total. The van der Waals surface area contributed by atoms with Gasteiger partial charge in [-0.25, -0.2) is 0 Å². The molecule has 0 spiro atoms. The highest BCUT2D eigenvalue weighted by atomic mass is 16.5. The van der Waals surface area contributed by atoms with E-state index in [9.17, 15) is 0 Å². The highest BCUT2D eigenvalue weighted by Gasteiger charge is 2.21. The molecule has 0 aliphatic rings. The molecule has 1 rings (SSSR count). The van der Waals surface area contributed by atoms with Crippen molar-refractivity contribution in [1.82, 2.24) is 15.1 Å². The van der Waals surface area contributed by atoms with E-state index in [2.05, 4.69) is 31.2 Å². The lowest BCUT2D eigenvalue weighted by molar-refractivity contribution is 0.109. The Bertz CT molecular complexity index is 352. The van der Waals surface area contributed by atoms with Gasteiger partial charge in [-0.15, -0.1) is 0 Å². The number of nitrogens with zero attached hydrogens (tertiary/aromatic N) is 2. The first-order valence-electron chi connectivity index (χ1n) is 7.19. The third-order valence-corrected chi connectivity index (χ3v) is 2.91. The molecule has 0 aliphatic carbocycles. The lowest BCUT2D eigenvalue weighted by atomic mass is 10.2. The predicted molar refractivity (Wildman–Crippen MR) is 76.6 cm³/mol. The van der Waals surface area contributed by atoms with Gasteiger partial charge < -0.3 is 14.8 Å². The van der Waals surface area contributed by atoms with Crippen LogP contribution in [0, 0.1) is 0 Å². The maximum Gasteiger partial charge on any atom is 0.161 e. The molecule has 110 valence electrons. The van der Waals surface area contributed by atoms with Crippen LogP contribution in [0.3, 0.4) is 0 Å². The molecule has 1 N–H and O–H groups in total. The summed E-state index contributed by atoms with van der Waals surface area (Å²) < 4.78 is 13.1. The number of likely N-dealkylation sites (N-methyl/N-ethyl adjacent to an activating group) is 1. The number of aromatic nitrogens is 2. The van der Waals surface area contributed by atoms with Crippen molar-refractivity contribution in [3.8, 4) is 5.75 Å². The van der Waals surface area contributed by atoms with Gasteiger partial charge in [-0.3, -0.25) is 4.68 Å². The van der Waals surface area contributed by atoms with Gasteiger partial charge in [0.1, 0.15) is 0 Å². The van der Waals surface area contributed by atoms with Gasteiger partial charge in [0.2, 0.25) is 0 Å².